The van der Waals surface area contributed by atoms with Crippen LogP contribution in [0.15, 0.2) is 0 Å². The summed E-state index contributed by atoms with van der Waals surface area (Å²) in [6, 6.07) is 0.485. The molecular formula is C14H26N2O3. The number of carbonyl (C=O) groups is 1. The normalized spacial score (nSPS) is 30.7. The summed E-state index contributed by atoms with van der Waals surface area (Å²) in [5.41, 5.74) is 5.05. The molecule has 19 heavy (non-hydrogen) atoms. The molecule has 0 aromatic carbocycles. The monoisotopic (exact) mass is 270 g/mol. The molecule has 1 amide bonds. The van der Waals surface area contributed by atoms with Gasteiger partial charge in [0.15, 0.2) is 0 Å². The molecule has 5 heteroatoms. The Hall–Kier alpha value is -0.650. The number of nitrogens with two attached hydrogens (primary N) is 1. The quantitative estimate of drug-likeness (QED) is 0.612. The number of ether oxygens (including phenoxy) is 2. The van der Waals surface area contributed by atoms with Crippen LogP contribution in [-0.2, 0) is 14.3 Å². The molecule has 0 aliphatic heterocycles. The van der Waals surface area contributed by atoms with Crippen molar-refractivity contribution >= 4 is 5.91 Å². The predicted octanol–water partition coefficient (Wildman–Crippen LogP) is 0.958. The molecule has 0 saturated heterocycles. The van der Waals surface area contributed by atoms with Crippen LogP contribution in [0.1, 0.15) is 45.4 Å². The number of carbonyl (C=O) groups excluding carboxylic acids is 1. The Bertz CT molecular complexity index is 307. The molecule has 3 N–H and O–H groups in total. The lowest BCUT2D eigenvalue weighted by molar-refractivity contribution is -0.124. The Morgan fingerprint density at radius 1 is 1.32 bits per heavy atom. The van der Waals surface area contributed by atoms with Crippen LogP contribution in [0.4, 0.5) is 0 Å². The minimum atomic E-state index is -0.532. The summed E-state index contributed by atoms with van der Waals surface area (Å²) in [5.74, 6) is -0.229. The van der Waals surface area contributed by atoms with Crippen molar-refractivity contribution in [2.75, 3.05) is 19.8 Å². The Morgan fingerprint density at radius 2 is 2.11 bits per heavy atom. The van der Waals surface area contributed by atoms with E-state index >= 15 is 0 Å². The average molecular weight is 270 g/mol. The molecular weight excluding hydrogens is 244 g/mol. The van der Waals surface area contributed by atoms with E-state index < -0.39 is 5.54 Å². The van der Waals surface area contributed by atoms with Gasteiger partial charge in [-0.1, -0.05) is 6.92 Å². The minimum absolute atomic E-state index is 0.129. The number of nitrogens with one attached hydrogen (secondary N) is 1. The van der Waals surface area contributed by atoms with Crippen molar-refractivity contribution in [3.05, 3.63) is 0 Å². The van der Waals surface area contributed by atoms with Crippen LogP contribution in [0, 0.1) is 0 Å². The molecule has 0 aromatic heterocycles. The van der Waals surface area contributed by atoms with Gasteiger partial charge in [-0.2, -0.15) is 0 Å². The molecule has 2 unspecified atom stereocenters. The Morgan fingerprint density at radius 3 is 2.74 bits per heavy atom. The van der Waals surface area contributed by atoms with E-state index in [9.17, 15) is 4.79 Å². The highest BCUT2D eigenvalue weighted by molar-refractivity contribution is 5.85. The molecule has 0 heterocycles. The van der Waals surface area contributed by atoms with Gasteiger partial charge in [-0.3, -0.25) is 4.79 Å². The molecule has 2 rings (SSSR count). The van der Waals surface area contributed by atoms with Crippen molar-refractivity contribution < 1.29 is 14.3 Å². The first kappa shape index (κ1) is 14.8. The van der Waals surface area contributed by atoms with Gasteiger partial charge in [-0.25, -0.2) is 0 Å². The number of rotatable bonds is 9. The summed E-state index contributed by atoms with van der Waals surface area (Å²) in [6.45, 7) is 4.10. The molecule has 2 aliphatic rings. The van der Waals surface area contributed by atoms with Gasteiger partial charge in [0, 0.05) is 19.1 Å². The number of amides is 1. The molecule has 2 saturated carbocycles. The highest BCUT2D eigenvalue weighted by Crippen LogP contribution is 2.35. The van der Waals surface area contributed by atoms with Crippen LogP contribution >= 0.6 is 0 Å². The largest absolute Gasteiger partial charge is 0.379 e. The van der Waals surface area contributed by atoms with Gasteiger partial charge in [0.05, 0.1) is 19.3 Å². The van der Waals surface area contributed by atoms with Crippen molar-refractivity contribution in [2.45, 2.75) is 63.1 Å². The third kappa shape index (κ3) is 4.16. The van der Waals surface area contributed by atoms with Crippen molar-refractivity contribution in [3.8, 4) is 0 Å². The van der Waals surface area contributed by atoms with E-state index in [0.717, 1.165) is 38.7 Å². The van der Waals surface area contributed by atoms with Gasteiger partial charge in [-0.15, -0.1) is 0 Å². The van der Waals surface area contributed by atoms with Gasteiger partial charge >= 0.3 is 0 Å². The first-order valence-corrected chi connectivity index (χ1v) is 7.43. The molecule has 0 aromatic rings. The maximum absolute atomic E-state index is 11.7. The van der Waals surface area contributed by atoms with E-state index in [-0.39, 0.29) is 12.0 Å². The molecule has 110 valence electrons. The Balaban J connectivity index is 1.71. The predicted molar refractivity (Wildman–Crippen MR) is 72.8 cm³/mol. The van der Waals surface area contributed by atoms with E-state index in [0.29, 0.717) is 25.7 Å². The second-order valence-corrected chi connectivity index (χ2v) is 5.71. The summed E-state index contributed by atoms with van der Waals surface area (Å²) in [4.78, 5) is 11.7. The van der Waals surface area contributed by atoms with E-state index in [1.165, 1.54) is 0 Å². The summed E-state index contributed by atoms with van der Waals surface area (Å²) in [7, 11) is 0. The fraction of sp³-hybridized carbons (Fsp3) is 0.929. The minimum Gasteiger partial charge on any atom is -0.379 e. The van der Waals surface area contributed by atoms with Crippen LogP contribution in [0.2, 0.25) is 0 Å². The molecule has 0 bridgehead atoms. The SMILES string of the molecule is CCCOCCOC1CCC(NC2CC2)(C(N)=O)C1. The first-order chi connectivity index (χ1) is 9.16. The van der Waals surface area contributed by atoms with Crippen LogP contribution in [-0.4, -0.2) is 43.4 Å². The van der Waals surface area contributed by atoms with E-state index in [1.807, 2.05) is 0 Å². The maximum Gasteiger partial charge on any atom is 0.237 e. The van der Waals surface area contributed by atoms with Crippen LogP contribution in [0.5, 0.6) is 0 Å². The second kappa shape index (κ2) is 6.68. The summed E-state index contributed by atoms with van der Waals surface area (Å²) in [6.07, 6.45) is 5.86. The van der Waals surface area contributed by atoms with E-state index in [2.05, 4.69) is 12.2 Å². The summed E-state index contributed by atoms with van der Waals surface area (Å²) in [5, 5.41) is 3.42. The zero-order chi connectivity index (χ0) is 13.7. The molecule has 2 atom stereocenters. The van der Waals surface area contributed by atoms with Gasteiger partial charge in [-0.05, 0) is 32.1 Å². The van der Waals surface area contributed by atoms with Gasteiger partial charge in [0.25, 0.3) is 0 Å². The number of primary amides is 1. The van der Waals surface area contributed by atoms with Crippen molar-refractivity contribution in [3.63, 3.8) is 0 Å². The zero-order valence-electron chi connectivity index (χ0n) is 11.8. The van der Waals surface area contributed by atoms with E-state index in [4.69, 9.17) is 15.2 Å². The van der Waals surface area contributed by atoms with Crippen molar-refractivity contribution in [2.24, 2.45) is 5.73 Å². The number of hydrogen-bond donors (Lipinski definition) is 2. The summed E-state index contributed by atoms with van der Waals surface area (Å²) >= 11 is 0. The Kier molecular flexibility index (Phi) is 5.19. The van der Waals surface area contributed by atoms with Crippen molar-refractivity contribution in [1.82, 2.24) is 5.32 Å². The highest BCUT2D eigenvalue weighted by Gasteiger charge is 2.47. The topological polar surface area (TPSA) is 73.6 Å². The highest BCUT2D eigenvalue weighted by atomic mass is 16.5. The van der Waals surface area contributed by atoms with Gasteiger partial charge < -0.3 is 20.5 Å². The third-order valence-electron chi connectivity index (χ3n) is 3.93. The molecule has 0 radical (unpaired) electrons. The van der Waals surface area contributed by atoms with Crippen LogP contribution < -0.4 is 11.1 Å². The van der Waals surface area contributed by atoms with Gasteiger partial charge in [0.1, 0.15) is 5.54 Å². The lowest BCUT2D eigenvalue weighted by atomic mass is 9.96. The molecule has 0 spiro atoms. The summed E-state index contributed by atoms with van der Waals surface area (Å²) < 4.78 is 11.2. The number of hydrogen-bond acceptors (Lipinski definition) is 4. The second-order valence-electron chi connectivity index (χ2n) is 5.71. The molecule has 2 fully saturated rings. The van der Waals surface area contributed by atoms with Crippen LogP contribution in [0.3, 0.4) is 0 Å². The first-order valence-electron chi connectivity index (χ1n) is 7.43. The molecule has 2 aliphatic carbocycles. The lowest BCUT2D eigenvalue weighted by Gasteiger charge is -2.27. The lowest BCUT2D eigenvalue weighted by Crippen LogP contribution is -2.54. The maximum atomic E-state index is 11.7. The molecule has 5 nitrogen and oxygen atoms in total. The standard InChI is InChI=1S/C14H26N2O3/c1-2-7-18-8-9-19-12-5-6-14(10-12,13(15)17)16-11-3-4-11/h11-12,16H,2-10H2,1H3,(H2,15,17). The average Bonchev–Trinajstić information content (AvgIpc) is 3.08. The Labute approximate surface area is 115 Å². The zero-order valence-corrected chi connectivity index (χ0v) is 11.8. The van der Waals surface area contributed by atoms with Crippen LogP contribution in [0.25, 0.3) is 0 Å². The fourth-order valence-electron chi connectivity index (χ4n) is 2.71. The fourth-order valence-corrected chi connectivity index (χ4v) is 2.71. The van der Waals surface area contributed by atoms with Gasteiger partial charge in [0.2, 0.25) is 5.91 Å². The van der Waals surface area contributed by atoms with E-state index in [1.54, 1.807) is 0 Å². The smallest absolute Gasteiger partial charge is 0.237 e. The van der Waals surface area contributed by atoms with Crippen molar-refractivity contribution in [1.29, 1.82) is 0 Å². The third-order valence-corrected chi connectivity index (χ3v) is 3.93.